The molecular weight excluding hydrogens is 248 g/mol. The summed E-state index contributed by atoms with van der Waals surface area (Å²) in [4.78, 5) is 26.2. The molecule has 2 aromatic heterocycles. The number of amides is 1. The SMILES string of the molecule is O=C(O)c1coc(C(=O)NCCc2ccncc2)c1. The average molecular weight is 260 g/mol. The summed E-state index contributed by atoms with van der Waals surface area (Å²) in [6, 6.07) is 4.92. The van der Waals surface area contributed by atoms with Crippen LogP contribution in [0.3, 0.4) is 0 Å². The number of pyridine rings is 1. The summed E-state index contributed by atoms with van der Waals surface area (Å²) in [7, 11) is 0. The number of carbonyl (C=O) groups is 2. The van der Waals surface area contributed by atoms with Crippen LogP contribution >= 0.6 is 0 Å². The Bertz CT molecular complexity index is 577. The van der Waals surface area contributed by atoms with Gasteiger partial charge in [-0.2, -0.15) is 0 Å². The van der Waals surface area contributed by atoms with Crippen molar-refractivity contribution in [2.75, 3.05) is 6.54 Å². The van der Waals surface area contributed by atoms with E-state index in [0.29, 0.717) is 13.0 Å². The number of aromatic carboxylic acids is 1. The fourth-order valence-electron chi connectivity index (χ4n) is 1.52. The van der Waals surface area contributed by atoms with Crippen molar-refractivity contribution >= 4 is 11.9 Å². The normalized spacial score (nSPS) is 10.1. The predicted octanol–water partition coefficient (Wildman–Crippen LogP) is 1.35. The van der Waals surface area contributed by atoms with Crippen molar-refractivity contribution in [1.82, 2.24) is 10.3 Å². The molecule has 0 aliphatic rings. The molecule has 2 rings (SSSR count). The van der Waals surface area contributed by atoms with Crippen LogP contribution in [0.2, 0.25) is 0 Å². The van der Waals surface area contributed by atoms with Gasteiger partial charge in [-0.15, -0.1) is 0 Å². The van der Waals surface area contributed by atoms with Gasteiger partial charge in [0.15, 0.2) is 5.76 Å². The van der Waals surface area contributed by atoms with Crippen LogP contribution in [0.5, 0.6) is 0 Å². The minimum Gasteiger partial charge on any atom is -0.478 e. The molecule has 1 amide bonds. The highest BCUT2D eigenvalue weighted by atomic mass is 16.4. The zero-order valence-corrected chi connectivity index (χ0v) is 10.00. The molecule has 0 atom stereocenters. The van der Waals surface area contributed by atoms with Crippen molar-refractivity contribution in [3.63, 3.8) is 0 Å². The highest BCUT2D eigenvalue weighted by molar-refractivity contribution is 5.95. The molecule has 0 spiro atoms. The fraction of sp³-hybridized carbons (Fsp3) is 0.154. The number of aromatic nitrogens is 1. The third-order valence-electron chi connectivity index (χ3n) is 2.52. The van der Waals surface area contributed by atoms with Gasteiger partial charge in [-0.25, -0.2) is 4.79 Å². The third kappa shape index (κ3) is 3.41. The molecule has 0 saturated heterocycles. The smallest absolute Gasteiger partial charge is 0.338 e. The van der Waals surface area contributed by atoms with Gasteiger partial charge in [0.05, 0.1) is 5.56 Å². The highest BCUT2D eigenvalue weighted by Gasteiger charge is 2.13. The van der Waals surface area contributed by atoms with Gasteiger partial charge >= 0.3 is 5.97 Å². The summed E-state index contributed by atoms with van der Waals surface area (Å²) in [6.07, 6.45) is 5.08. The second-order valence-corrected chi connectivity index (χ2v) is 3.87. The monoisotopic (exact) mass is 260 g/mol. The molecule has 0 saturated carbocycles. The minimum atomic E-state index is -1.13. The van der Waals surface area contributed by atoms with Gasteiger partial charge in [0, 0.05) is 25.0 Å². The van der Waals surface area contributed by atoms with Crippen LogP contribution < -0.4 is 5.32 Å². The summed E-state index contributed by atoms with van der Waals surface area (Å²) in [5, 5.41) is 11.4. The maximum absolute atomic E-state index is 11.7. The first-order valence-electron chi connectivity index (χ1n) is 5.66. The number of nitrogens with one attached hydrogen (secondary N) is 1. The van der Waals surface area contributed by atoms with Crippen molar-refractivity contribution in [2.24, 2.45) is 0 Å². The molecule has 0 unspecified atom stereocenters. The van der Waals surface area contributed by atoms with Crippen LogP contribution in [-0.4, -0.2) is 28.5 Å². The van der Waals surface area contributed by atoms with Gasteiger partial charge in [-0.1, -0.05) is 0 Å². The topological polar surface area (TPSA) is 92.4 Å². The van der Waals surface area contributed by atoms with Crippen molar-refractivity contribution < 1.29 is 19.1 Å². The number of hydrogen-bond donors (Lipinski definition) is 2. The maximum atomic E-state index is 11.7. The lowest BCUT2D eigenvalue weighted by atomic mass is 10.2. The van der Waals surface area contributed by atoms with Crippen LogP contribution in [-0.2, 0) is 6.42 Å². The maximum Gasteiger partial charge on any atom is 0.338 e. The van der Waals surface area contributed by atoms with Crippen molar-refractivity contribution in [3.05, 3.63) is 53.7 Å². The number of carbonyl (C=O) groups excluding carboxylic acids is 1. The lowest BCUT2D eigenvalue weighted by molar-refractivity contribution is 0.0696. The summed E-state index contributed by atoms with van der Waals surface area (Å²) < 4.78 is 4.89. The first-order valence-corrected chi connectivity index (χ1v) is 5.66. The highest BCUT2D eigenvalue weighted by Crippen LogP contribution is 2.07. The Morgan fingerprint density at radius 1 is 1.32 bits per heavy atom. The van der Waals surface area contributed by atoms with Gasteiger partial charge in [-0.05, 0) is 24.1 Å². The molecule has 6 nitrogen and oxygen atoms in total. The van der Waals surface area contributed by atoms with Crippen molar-refractivity contribution in [1.29, 1.82) is 0 Å². The van der Waals surface area contributed by atoms with Crippen LogP contribution in [0.1, 0.15) is 26.5 Å². The minimum absolute atomic E-state index is 0.00729. The zero-order chi connectivity index (χ0) is 13.7. The molecule has 2 heterocycles. The van der Waals surface area contributed by atoms with Crippen molar-refractivity contribution in [2.45, 2.75) is 6.42 Å². The van der Waals surface area contributed by atoms with Crippen LogP contribution in [0, 0.1) is 0 Å². The second-order valence-electron chi connectivity index (χ2n) is 3.87. The Hall–Kier alpha value is -2.63. The molecule has 0 aromatic carbocycles. The number of rotatable bonds is 5. The summed E-state index contributed by atoms with van der Waals surface area (Å²) in [5.74, 6) is -1.56. The van der Waals surface area contributed by atoms with E-state index in [-0.39, 0.29) is 11.3 Å². The largest absolute Gasteiger partial charge is 0.478 e. The quantitative estimate of drug-likeness (QED) is 0.846. The first-order chi connectivity index (χ1) is 9.16. The molecule has 0 aliphatic heterocycles. The molecule has 0 fully saturated rings. The van der Waals surface area contributed by atoms with E-state index in [9.17, 15) is 9.59 Å². The summed E-state index contributed by atoms with van der Waals surface area (Å²) >= 11 is 0. The number of furan rings is 1. The van der Waals surface area contributed by atoms with E-state index in [2.05, 4.69) is 10.3 Å². The van der Waals surface area contributed by atoms with Gasteiger partial charge in [0.2, 0.25) is 0 Å². The van der Waals surface area contributed by atoms with E-state index in [1.165, 1.54) is 6.07 Å². The van der Waals surface area contributed by atoms with E-state index >= 15 is 0 Å². The molecule has 0 bridgehead atoms. The van der Waals surface area contributed by atoms with Crippen LogP contribution in [0.15, 0.2) is 41.3 Å². The Morgan fingerprint density at radius 3 is 2.68 bits per heavy atom. The van der Waals surface area contributed by atoms with E-state index in [1.807, 2.05) is 12.1 Å². The average Bonchev–Trinajstić information content (AvgIpc) is 2.89. The Balaban J connectivity index is 1.85. The van der Waals surface area contributed by atoms with E-state index in [4.69, 9.17) is 9.52 Å². The molecule has 98 valence electrons. The third-order valence-corrected chi connectivity index (χ3v) is 2.52. The Morgan fingerprint density at radius 2 is 2.05 bits per heavy atom. The number of nitrogens with zero attached hydrogens (tertiary/aromatic N) is 1. The van der Waals surface area contributed by atoms with Gasteiger partial charge in [0.1, 0.15) is 6.26 Å². The van der Waals surface area contributed by atoms with Gasteiger partial charge in [0.25, 0.3) is 5.91 Å². The molecule has 0 radical (unpaired) electrons. The van der Waals surface area contributed by atoms with E-state index in [1.54, 1.807) is 12.4 Å². The Labute approximate surface area is 109 Å². The molecule has 6 heteroatoms. The fourth-order valence-corrected chi connectivity index (χ4v) is 1.52. The molecular formula is C13H12N2O4. The zero-order valence-electron chi connectivity index (χ0n) is 10.00. The molecule has 0 aliphatic carbocycles. The van der Waals surface area contributed by atoms with Crippen LogP contribution in [0.25, 0.3) is 0 Å². The standard InChI is InChI=1S/C13H12N2O4/c16-12(11-7-10(8-19-11)13(17)18)15-6-3-9-1-4-14-5-2-9/h1-2,4-5,7-8H,3,6H2,(H,15,16)(H,17,18). The summed E-state index contributed by atoms with van der Waals surface area (Å²) in [5.41, 5.74) is 1.01. The predicted molar refractivity (Wildman–Crippen MR) is 65.9 cm³/mol. The first kappa shape index (κ1) is 12.8. The van der Waals surface area contributed by atoms with E-state index in [0.717, 1.165) is 11.8 Å². The molecule has 2 aromatic rings. The number of hydrogen-bond acceptors (Lipinski definition) is 4. The second kappa shape index (κ2) is 5.81. The lowest BCUT2D eigenvalue weighted by Gasteiger charge is -2.02. The summed E-state index contributed by atoms with van der Waals surface area (Å²) in [6.45, 7) is 0.436. The van der Waals surface area contributed by atoms with E-state index < -0.39 is 11.9 Å². The Kier molecular flexibility index (Phi) is 3.92. The lowest BCUT2D eigenvalue weighted by Crippen LogP contribution is -2.25. The number of carboxylic acids is 1. The molecule has 19 heavy (non-hydrogen) atoms. The number of carboxylic acid groups (broad SMARTS) is 1. The van der Waals surface area contributed by atoms with Crippen LogP contribution in [0.4, 0.5) is 0 Å². The van der Waals surface area contributed by atoms with Gasteiger partial charge < -0.3 is 14.8 Å². The van der Waals surface area contributed by atoms with Gasteiger partial charge in [-0.3, -0.25) is 9.78 Å². The molecule has 2 N–H and O–H groups in total. The van der Waals surface area contributed by atoms with Crippen molar-refractivity contribution in [3.8, 4) is 0 Å².